The van der Waals surface area contributed by atoms with Gasteiger partial charge in [0.1, 0.15) is 0 Å². The number of unbranched alkanes of at least 4 members (excludes halogenated alkanes) is 2. The molecule has 0 radical (unpaired) electrons. The summed E-state index contributed by atoms with van der Waals surface area (Å²) in [6.45, 7) is 4.96. The summed E-state index contributed by atoms with van der Waals surface area (Å²) in [7, 11) is 0.346. The monoisotopic (exact) mass is 176 g/mol. The van der Waals surface area contributed by atoms with Crippen LogP contribution in [-0.4, -0.2) is 30.2 Å². The van der Waals surface area contributed by atoms with Gasteiger partial charge in [0.2, 0.25) is 0 Å². The van der Waals surface area contributed by atoms with E-state index in [4.69, 9.17) is 5.11 Å². The molecule has 0 bridgehead atoms. The Hall–Kier alpha value is 0.390. The van der Waals surface area contributed by atoms with Crippen molar-refractivity contribution in [2.24, 2.45) is 0 Å². The van der Waals surface area contributed by atoms with E-state index < -0.39 is 0 Å². The molecule has 0 amide bonds. The van der Waals surface area contributed by atoms with Gasteiger partial charge in [0.05, 0.1) is 0 Å². The summed E-state index contributed by atoms with van der Waals surface area (Å²) in [5.74, 6) is 0. The van der Waals surface area contributed by atoms with Crippen LogP contribution in [0.3, 0.4) is 0 Å². The molecule has 0 heterocycles. The quantitative estimate of drug-likeness (QED) is 0.467. The lowest BCUT2D eigenvalue weighted by atomic mass is 10.3. The third-order valence-corrected chi connectivity index (χ3v) is 4.76. The zero-order valence-corrected chi connectivity index (χ0v) is 8.74. The third kappa shape index (κ3) is 6.77. The van der Waals surface area contributed by atoms with Crippen LogP contribution in [0, 0.1) is 0 Å². The Morgan fingerprint density at radius 1 is 1.00 bits per heavy atom. The van der Waals surface area contributed by atoms with E-state index in [0.717, 1.165) is 6.42 Å². The number of hydrogen-bond donors (Lipinski definition) is 1. The maximum absolute atomic E-state index is 8.55. The first-order valence-corrected chi connectivity index (χ1v) is 6.58. The molecule has 0 aromatic heterocycles. The van der Waals surface area contributed by atoms with Gasteiger partial charge in [0.15, 0.2) is 0 Å². The average Bonchev–Trinajstić information content (AvgIpc) is 2.05. The van der Waals surface area contributed by atoms with E-state index in [9.17, 15) is 0 Å². The minimum Gasteiger partial charge on any atom is -0.396 e. The van der Waals surface area contributed by atoms with Gasteiger partial charge in [-0.05, 0) is 31.3 Å². The minimum absolute atomic E-state index is 0.346. The van der Waals surface area contributed by atoms with Gasteiger partial charge in [0.25, 0.3) is 0 Å². The van der Waals surface area contributed by atoms with Crippen molar-refractivity contribution < 1.29 is 5.11 Å². The van der Waals surface area contributed by atoms with Crippen molar-refractivity contribution in [2.45, 2.75) is 33.1 Å². The molecule has 0 unspecified atom stereocenters. The Labute approximate surface area is 72.0 Å². The molecule has 0 saturated carbocycles. The number of hydrogen-bond acceptors (Lipinski definition) is 1. The van der Waals surface area contributed by atoms with Crippen LogP contribution in [-0.2, 0) is 0 Å². The highest BCUT2D eigenvalue weighted by Crippen LogP contribution is 2.35. The molecule has 1 nitrogen and oxygen atoms in total. The second kappa shape index (κ2) is 8.49. The zero-order chi connectivity index (χ0) is 8.53. The van der Waals surface area contributed by atoms with E-state index >= 15 is 0 Å². The predicted molar refractivity (Wildman–Crippen MR) is 53.8 cm³/mol. The maximum atomic E-state index is 8.55. The fourth-order valence-corrected chi connectivity index (χ4v) is 2.91. The van der Waals surface area contributed by atoms with Crippen molar-refractivity contribution in [1.82, 2.24) is 0 Å². The van der Waals surface area contributed by atoms with E-state index in [1.165, 1.54) is 31.3 Å². The summed E-state index contributed by atoms with van der Waals surface area (Å²) < 4.78 is 0. The van der Waals surface area contributed by atoms with Gasteiger partial charge in [-0.25, -0.2) is 0 Å². The Morgan fingerprint density at radius 2 is 1.64 bits per heavy atom. The summed E-state index contributed by atoms with van der Waals surface area (Å²) in [4.78, 5) is 0. The van der Waals surface area contributed by atoms with Gasteiger partial charge in [0, 0.05) is 6.61 Å². The predicted octanol–water partition coefficient (Wildman–Crippen LogP) is 2.67. The molecule has 0 atom stereocenters. The topological polar surface area (TPSA) is 20.2 Å². The highest BCUT2D eigenvalue weighted by atomic mass is 31.1. The van der Waals surface area contributed by atoms with Crippen molar-refractivity contribution >= 4 is 7.92 Å². The molecule has 0 aliphatic heterocycles. The van der Waals surface area contributed by atoms with Gasteiger partial charge >= 0.3 is 0 Å². The van der Waals surface area contributed by atoms with Crippen LogP contribution in [0.4, 0.5) is 0 Å². The standard InChI is InChI=1S/C9H21OP/c1-3-11(4-2)9-7-5-6-8-10/h10H,3-9H2,1-2H3. The van der Waals surface area contributed by atoms with Gasteiger partial charge in [-0.15, -0.1) is 7.92 Å². The molecule has 0 aromatic carbocycles. The summed E-state index contributed by atoms with van der Waals surface area (Å²) in [5.41, 5.74) is 0. The van der Waals surface area contributed by atoms with Crippen molar-refractivity contribution in [3.8, 4) is 0 Å². The highest BCUT2D eigenvalue weighted by Gasteiger charge is 2.00. The molecule has 0 aliphatic rings. The fraction of sp³-hybridized carbons (Fsp3) is 1.00. The smallest absolute Gasteiger partial charge is 0.0431 e. The molecule has 0 fully saturated rings. The van der Waals surface area contributed by atoms with Gasteiger partial charge < -0.3 is 5.11 Å². The first-order valence-electron chi connectivity index (χ1n) is 4.68. The maximum Gasteiger partial charge on any atom is 0.0431 e. The van der Waals surface area contributed by atoms with E-state index in [1.807, 2.05) is 0 Å². The van der Waals surface area contributed by atoms with Crippen LogP contribution in [0.25, 0.3) is 0 Å². The zero-order valence-electron chi connectivity index (χ0n) is 7.84. The minimum atomic E-state index is 0.346. The molecular weight excluding hydrogens is 155 g/mol. The molecule has 0 saturated heterocycles. The van der Waals surface area contributed by atoms with Crippen molar-refractivity contribution in [1.29, 1.82) is 0 Å². The van der Waals surface area contributed by atoms with Crippen molar-refractivity contribution in [2.75, 3.05) is 25.1 Å². The third-order valence-electron chi connectivity index (χ3n) is 2.03. The number of aliphatic hydroxyl groups excluding tert-OH is 1. The molecule has 0 aromatic rings. The van der Waals surface area contributed by atoms with Crippen LogP contribution >= 0.6 is 7.92 Å². The van der Waals surface area contributed by atoms with Gasteiger partial charge in [-0.2, -0.15) is 0 Å². The van der Waals surface area contributed by atoms with Gasteiger partial charge in [-0.1, -0.05) is 20.3 Å². The van der Waals surface area contributed by atoms with E-state index in [1.54, 1.807) is 0 Å². The summed E-state index contributed by atoms with van der Waals surface area (Å²) in [6, 6.07) is 0. The largest absolute Gasteiger partial charge is 0.396 e. The van der Waals surface area contributed by atoms with Crippen molar-refractivity contribution in [3.05, 3.63) is 0 Å². The summed E-state index contributed by atoms with van der Waals surface area (Å²) in [5, 5.41) is 8.55. The molecule has 11 heavy (non-hydrogen) atoms. The number of aliphatic hydroxyl groups is 1. The molecule has 0 rings (SSSR count). The first kappa shape index (κ1) is 11.4. The Kier molecular flexibility index (Phi) is 8.79. The lowest BCUT2D eigenvalue weighted by Crippen LogP contribution is -1.91. The van der Waals surface area contributed by atoms with Crippen LogP contribution < -0.4 is 0 Å². The van der Waals surface area contributed by atoms with Crippen LogP contribution in [0.1, 0.15) is 33.1 Å². The molecule has 0 aliphatic carbocycles. The van der Waals surface area contributed by atoms with Gasteiger partial charge in [-0.3, -0.25) is 0 Å². The Morgan fingerprint density at radius 3 is 2.09 bits per heavy atom. The molecule has 0 spiro atoms. The SMILES string of the molecule is CCP(CC)CCCCCO. The second-order valence-electron chi connectivity index (χ2n) is 2.81. The molecular formula is C9H21OP. The second-order valence-corrected chi connectivity index (χ2v) is 5.86. The van der Waals surface area contributed by atoms with E-state index in [2.05, 4.69) is 13.8 Å². The lowest BCUT2D eigenvalue weighted by Gasteiger charge is -2.11. The number of rotatable bonds is 7. The summed E-state index contributed by atoms with van der Waals surface area (Å²) >= 11 is 0. The van der Waals surface area contributed by atoms with Crippen LogP contribution in [0.15, 0.2) is 0 Å². The average molecular weight is 176 g/mol. The normalized spacial score (nSPS) is 10.9. The summed E-state index contributed by atoms with van der Waals surface area (Å²) in [6.07, 6.45) is 7.72. The van der Waals surface area contributed by atoms with E-state index in [-0.39, 0.29) is 0 Å². The fourth-order valence-electron chi connectivity index (χ4n) is 1.16. The van der Waals surface area contributed by atoms with Crippen LogP contribution in [0.2, 0.25) is 0 Å². The van der Waals surface area contributed by atoms with Crippen LogP contribution in [0.5, 0.6) is 0 Å². The van der Waals surface area contributed by atoms with E-state index in [0.29, 0.717) is 14.5 Å². The molecule has 68 valence electrons. The molecule has 1 N–H and O–H groups in total. The Bertz CT molecular complexity index is 72.0. The molecule has 2 heteroatoms. The lowest BCUT2D eigenvalue weighted by molar-refractivity contribution is 0.284. The first-order chi connectivity index (χ1) is 5.35. The van der Waals surface area contributed by atoms with Crippen molar-refractivity contribution in [3.63, 3.8) is 0 Å². The highest BCUT2D eigenvalue weighted by molar-refractivity contribution is 7.57. The Balaban J connectivity index is 3.07.